The molecule has 2 aromatic rings. The fraction of sp³-hybridized carbons (Fsp3) is 0.370. The average molecular weight is 542 g/mol. The van der Waals surface area contributed by atoms with Crippen molar-refractivity contribution in [1.82, 2.24) is 14.9 Å². The highest BCUT2D eigenvalue weighted by atomic mass is 32.2. The molecular weight excluding hydrogens is 510 g/mol. The summed E-state index contributed by atoms with van der Waals surface area (Å²) in [6.45, 7) is 4.51. The number of carbonyl (C=O) groups is 3. The van der Waals surface area contributed by atoms with Gasteiger partial charge in [-0.2, -0.15) is 0 Å². The molecule has 2 aliphatic rings. The molecule has 38 heavy (non-hydrogen) atoms. The van der Waals surface area contributed by atoms with Crippen LogP contribution >= 0.6 is 0 Å². The monoisotopic (exact) mass is 541 g/mol. The Morgan fingerprint density at radius 1 is 1.03 bits per heavy atom. The molecule has 202 valence electrons. The van der Waals surface area contributed by atoms with Gasteiger partial charge in [-0.3, -0.25) is 18.7 Å². The second-order valence-corrected chi connectivity index (χ2v) is 10.8. The standard InChI is InChI=1S/C27H31N3O7S/c1-3-5-11-28-27(33)25(31)20(14-18-9-7-6-8-10-18)29-26(32)21-15-19-16-22-23(37-13-12-36-22)17-24(19)38(34,35)30(21)4-2/h6-10,15-17,20H,3-5,11-14H2,1-2H3,(H,28,33)(H,29,32)/t20-/m0/s1. The minimum atomic E-state index is -4.10. The number of fused-ring (bicyclic) bond motifs is 2. The number of amides is 2. The Morgan fingerprint density at radius 3 is 2.37 bits per heavy atom. The van der Waals surface area contributed by atoms with E-state index in [0.717, 1.165) is 16.3 Å². The van der Waals surface area contributed by atoms with Crippen molar-refractivity contribution in [3.05, 3.63) is 59.3 Å². The highest BCUT2D eigenvalue weighted by Crippen LogP contribution is 2.40. The first-order valence-corrected chi connectivity index (χ1v) is 14.0. The Kier molecular flexibility index (Phi) is 8.35. The van der Waals surface area contributed by atoms with Gasteiger partial charge in [0.25, 0.3) is 21.8 Å². The fourth-order valence-electron chi connectivity index (χ4n) is 4.32. The molecule has 0 fully saturated rings. The third-order valence-corrected chi connectivity index (χ3v) is 8.21. The van der Waals surface area contributed by atoms with Crippen molar-refractivity contribution in [2.75, 3.05) is 26.3 Å². The lowest BCUT2D eigenvalue weighted by Gasteiger charge is -2.31. The maximum atomic E-state index is 13.5. The molecule has 11 heteroatoms. The van der Waals surface area contributed by atoms with Crippen molar-refractivity contribution < 1.29 is 32.3 Å². The van der Waals surface area contributed by atoms with Gasteiger partial charge in [0.1, 0.15) is 25.0 Å². The molecule has 0 radical (unpaired) electrons. The van der Waals surface area contributed by atoms with Crippen LogP contribution in [-0.4, -0.2) is 62.7 Å². The molecule has 0 saturated carbocycles. The molecule has 4 rings (SSSR count). The van der Waals surface area contributed by atoms with Gasteiger partial charge in [0.05, 0.1) is 4.90 Å². The van der Waals surface area contributed by atoms with E-state index >= 15 is 0 Å². The summed E-state index contributed by atoms with van der Waals surface area (Å²) >= 11 is 0. The number of benzene rings is 2. The summed E-state index contributed by atoms with van der Waals surface area (Å²) in [7, 11) is -4.10. The van der Waals surface area contributed by atoms with E-state index in [1.54, 1.807) is 31.2 Å². The van der Waals surface area contributed by atoms with E-state index in [9.17, 15) is 22.8 Å². The normalized spacial score (nSPS) is 16.1. The predicted molar refractivity (Wildman–Crippen MR) is 140 cm³/mol. The summed E-state index contributed by atoms with van der Waals surface area (Å²) < 4.78 is 39.1. The van der Waals surface area contributed by atoms with E-state index in [1.165, 1.54) is 18.2 Å². The molecule has 2 amide bonds. The quantitative estimate of drug-likeness (QED) is 0.348. The van der Waals surface area contributed by atoms with Crippen LogP contribution in [0.1, 0.15) is 37.8 Å². The van der Waals surface area contributed by atoms with E-state index in [1.807, 2.05) is 13.0 Å². The van der Waals surface area contributed by atoms with E-state index in [0.29, 0.717) is 37.7 Å². The van der Waals surface area contributed by atoms with Crippen LogP contribution < -0.4 is 20.1 Å². The average Bonchev–Trinajstić information content (AvgIpc) is 2.91. The highest BCUT2D eigenvalue weighted by Gasteiger charge is 2.38. The number of unbranched alkanes of at least 4 members (excludes halogenated alkanes) is 1. The molecule has 2 aliphatic heterocycles. The Labute approximate surface area is 222 Å². The summed E-state index contributed by atoms with van der Waals surface area (Å²) in [6.07, 6.45) is 3.06. The number of hydrogen-bond donors (Lipinski definition) is 2. The Morgan fingerprint density at radius 2 is 1.71 bits per heavy atom. The van der Waals surface area contributed by atoms with Crippen LogP contribution in [0.4, 0.5) is 0 Å². The van der Waals surface area contributed by atoms with Crippen molar-refractivity contribution in [1.29, 1.82) is 0 Å². The van der Waals surface area contributed by atoms with Gasteiger partial charge in [-0.15, -0.1) is 0 Å². The van der Waals surface area contributed by atoms with Crippen LogP contribution in [0.3, 0.4) is 0 Å². The number of rotatable bonds is 10. The molecule has 2 N–H and O–H groups in total. The summed E-state index contributed by atoms with van der Waals surface area (Å²) in [5.41, 5.74) is 0.848. The lowest BCUT2D eigenvalue weighted by atomic mass is 10.0. The van der Waals surface area contributed by atoms with Gasteiger partial charge in [0, 0.05) is 31.1 Å². The molecule has 2 heterocycles. The number of nitrogens with one attached hydrogen (secondary N) is 2. The Bertz CT molecular complexity index is 1360. The van der Waals surface area contributed by atoms with Crippen LogP contribution in [0, 0.1) is 0 Å². The van der Waals surface area contributed by atoms with E-state index in [-0.39, 0.29) is 29.1 Å². The first-order chi connectivity index (χ1) is 18.3. The zero-order chi connectivity index (χ0) is 27.3. The third kappa shape index (κ3) is 5.67. The predicted octanol–water partition coefficient (Wildman–Crippen LogP) is 2.04. The van der Waals surface area contributed by atoms with Gasteiger partial charge in [-0.25, -0.2) is 8.42 Å². The van der Waals surface area contributed by atoms with Crippen LogP contribution in [0.2, 0.25) is 0 Å². The number of Topliss-reactive ketones (excluding diaryl/α,β-unsaturated/α-hetero) is 1. The number of sulfonamides is 1. The van der Waals surface area contributed by atoms with E-state index in [2.05, 4.69) is 10.6 Å². The highest BCUT2D eigenvalue weighted by molar-refractivity contribution is 7.89. The third-order valence-electron chi connectivity index (χ3n) is 6.27. The molecule has 0 spiro atoms. The zero-order valence-electron chi connectivity index (χ0n) is 21.4. The van der Waals surface area contributed by atoms with Gasteiger partial charge >= 0.3 is 0 Å². The first kappa shape index (κ1) is 27.2. The van der Waals surface area contributed by atoms with Gasteiger partial charge < -0.3 is 20.1 Å². The molecule has 0 bridgehead atoms. The summed E-state index contributed by atoms with van der Waals surface area (Å²) in [5.74, 6) is -1.69. The van der Waals surface area contributed by atoms with Crippen molar-refractivity contribution in [3.8, 4) is 11.5 Å². The van der Waals surface area contributed by atoms with Crippen LogP contribution in [0.5, 0.6) is 11.5 Å². The molecule has 1 atom stereocenters. The van der Waals surface area contributed by atoms with Gasteiger partial charge in [-0.05, 0) is 31.1 Å². The SMILES string of the molecule is CCCCNC(=O)C(=O)[C@H](Cc1ccccc1)NC(=O)C1=Cc2cc3c(cc2S(=O)(=O)N1CC)OCCO3. The summed E-state index contributed by atoms with van der Waals surface area (Å²) in [5, 5.41) is 5.21. The minimum Gasteiger partial charge on any atom is -0.486 e. The maximum Gasteiger partial charge on any atom is 0.289 e. The van der Waals surface area contributed by atoms with Crippen molar-refractivity contribution in [2.45, 2.75) is 44.0 Å². The largest absolute Gasteiger partial charge is 0.486 e. The van der Waals surface area contributed by atoms with Crippen LogP contribution in [0.15, 0.2) is 53.1 Å². The van der Waals surface area contributed by atoms with Crippen LogP contribution in [-0.2, 0) is 30.8 Å². The topological polar surface area (TPSA) is 131 Å². The number of likely N-dealkylation sites (N-methyl/N-ethyl adjacent to an activating group) is 1. The minimum absolute atomic E-state index is 0.00707. The second kappa shape index (κ2) is 11.7. The lowest BCUT2D eigenvalue weighted by molar-refractivity contribution is -0.139. The summed E-state index contributed by atoms with van der Waals surface area (Å²) in [4.78, 5) is 39.2. The molecule has 10 nitrogen and oxygen atoms in total. The molecule has 0 unspecified atom stereocenters. The Hall–Kier alpha value is -3.86. The lowest BCUT2D eigenvalue weighted by Crippen LogP contribution is -2.51. The number of nitrogens with zero attached hydrogens (tertiary/aromatic N) is 1. The molecule has 0 aliphatic carbocycles. The zero-order valence-corrected chi connectivity index (χ0v) is 22.2. The smallest absolute Gasteiger partial charge is 0.289 e. The van der Waals surface area contributed by atoms with E-state index in [4.69, 9.17) is 9.47 Å². The molecule has 0 aromatic heterocycles. The van der Waals surface area contributed by atoms with Crippen LogP contribution in [0.25, 0.3) is 6.08 Å². The summed E-state index contributed by atoms with van der Waals surface area (Å²) in [6, 6.07) is 10.7. The number of carbonyl (C=O) groups excluding carboxylic acids is 3. The van der Waals surface area contributed by atoms with Gasteiger partial charge in [0.15, 0.2) is 11.5 Å². The maximum absolute atomic E-state index is 13.5. The number of ketones is 1. The Balaban J connectivity index is 1.66. The number of hydrogen-bond acceptors (Lipinski definition) is 7. The van der Waals surface area contributed by atoms with Crippen molar-refractivity contribution in [2.24, 2.45) is 0 Å². The van der Waals surface area contributed by atoms with E-state index < -0.39 is 33.7 Å². The molecule has 0 saturated heterocycles. The van der Waals surface area contributed by atoms with Crippen molar-refractivity contribution in [3.63, 3.8) is 0 Å². The van der Waals surface area contributed by atoms with Crippen molar-refractivity contribution >= 4 is 33.7 Å². The fourth-order valence-corrected chi connectivity index (χ4v) is 5.97. The van der Waals surface area contributed by atoms with Gasteiger partial charge in [-0.1, -0.05) is 43.7 Å². The second-order valence-electron chi connectivity index (χ2n) is 8.92. The number of ether oxygens (including phenoxy) is 2. The molecule has 2 aromatic carbocycles. The molecular formula is C27H31N3O7S. The first-order valence-electron chi connectivity index (χ1n) is 12.6. The van der Waals surface area contributed by atoms with Gasteiger partial charge in [0.2, 0.25) is 5.78 Å².